The molecule has 0 aromatic heterocycles. The summed E-state index contributed by atoms with van der Waals surface area (Å²) < 4.78 is 0. The molecule has 2 heterocycles. The van der Waals surface area contributed by atoms with Crippen LogP contribution in [-0.4, -0.2) is 34.2 Å². The number of carbonyl (C=O) groups excluding carboxylic acids is 2. The number of thioether (sulfide) groups is 1. The molecule has 3 rings (SSSR count). The molecule has 1 saturated heterocycles. The molecule has 0 N–H and O–H groups in total. The minimum absolute atomic E-state index is 0.0663. The normalized spacial score (nSPS) is 24.1. The summed E-state index contributed by atoms with van der Waals surface area (Å²) in [5, 5.41) is -0.159. The van der Waals surface area contributed by atoms with Crippen molar-refractivity contribution in [3.8, 4) is 0 Å². The van der Waals surface area contributed by atoms with Crippen LogP contribution in [0.4, 0.5) is 10.5 Å². The summed E-state index contributed by atoms with van der Waals surface area (Å²) in [7, 11) is 0. The number of hydrogen-bond acceptors (Lipinski definition) is 4. The van der Waals surface area contributed by atoms with E-state index in [0.29, 0.717) is 10.8 Å². The van der Waals surface area contributed by atoms with E-state index in [-0.39, 0.29) is 22.7 Å². The van der Waals surface area contributed by atoms with Crippen LogP contribution in [0.15, 0.2) is 17.0 Å². The molecule has 4 nitrogen and oxygen atoms in total. The van der Waals surface area contributed by atoms with Gasteiger partial charge in [0, 0.05) is 23.8 Å². The summed E-state index contributed by atoms with van der Waals surface area (Å²) in [6.07, 6.45) is 3.77. The first kappa shape index (κ1) is 21.0. The third-order valence-electron chi connectivity index (χ3n) is 6.23. The van der Waals surface area contributed by atoms with E-state index in [1.165, 1.54) is 16.2 Å². The van der Waals surface area contributed by atoms with Crippen LogP contribution in [0.1, 0.15) is 77.0 Å². The van der Waals surface area contributed by atoms with Gasteiger partial charge in [-0.2, -0.15) is 0 Å². The molecule has 1 aromatic rings. The van der Waals surface area contributed by atoms with Crippen molar-refractivity contribution in [2.75, 3.05) is 11.4 Å². The van der Waals surface area contributed by atoms with Crippen molar-refractivity contribution in [3.63, 3.8) is 0 Å². The van der Waals surface area contributed by atoms with Gasteiger partial charge in [-0.3, -0.25) is 14.5 Å². The Hall–Kier alpha value is -1.75. The molecule has 0 bridgehead atoms. The predicted molar refractivity (Wildman–Crippen MR) is 119 cm³/mol. The molecule has 1 aromatic carbocycles. The number of carbonyl (C=O) groups is 2. The van der Waals surface area contributed by atoms with Gasteiger partial charge in [0.2, 0.25) is 0 Å². The first-order valence-corrected chi connectivity index (χ1v) is 11.1. The Labute approximate surface area is 173 Å². The largest absolute Gasteiger partial charge is 0.366 e. The molecule has 5 heteroatoms. The fourth-order valence-electron chi connectivity index (χ4n) is 4.59. The van der Waals surface area contributed by atoms with E-state index in [4.69, 9.17) is 0 Å². The highest BCUT2D eigenvalue weighted by molar-refractivity contribution is 8.18. The van der Waals surface area contributed by atoms with Crippen LogP contribution in [0.5, 0.6) is 0 Å². The summed E-state index contributed by atoms with van der Waals surface area (Å²) in [6.45, 7) is 16.1. The van der Waals surface area contributed by atoms with Crippen molar-refractivity contribution in [2.24, 2.45) is 0 Å². The van der Waals surface area contributed by atoms with Gasteiger partial charge in [0.05, 0.1) is 4.91 Å². The van der Waals surface area contributed by atoms with Crippen molar-refractivity contribution in [1.82, 2.24) is 4.90 Å². The van der Waals surface area contributed by atoms with Crippen molar-refractivity contribution >= 4 is 34.7 Å². The third-order valence-corrected chi connectivity index (χ3v) is 7.12. The highest BCUT2D eigenvalue weighted by atomic mass is 32.2. The minimum atomic E-state index is -0.161. The molecular weight excluding hydrogens is 368 g/mol. The second-order valence-corrected chi connectivity index (χ2v) is 9.73. The monoisotopic (exact) mass is 400 g/mol. The smallest absolute Gasteiger partial charge is 0.293 e. The van der Waals surface area contributed by atoms with E-state index < -0.39 is 0 Å². The fourth-order valence-corrected chi connectivity index (χ4v) is 5.51. The quantitative estimate of drug-likeness (QED) is 0.586. The predicted octanol–water partition coefficient (Wildman–Crippen LogP) is 5.94. The summed E-state index contributed by atoms with van der Waals surface area (Å²) in [4.78, 5) is 29.5. The maximum Gasteiger partial charge on any atom is 0.293 e. The lowest BCUT2D eigenvalue weighted by atomic mass is 9.79. The average molecular weight is 401 g/mol. The van der Waals surface area contributed by atoms with Crippen LogP contribution in [0.25, 0.3) is 6.08 Å². The Morgan fingerprint density at radius 3 is 2.57 bits per heavy atom. The SMILES string of the molecule is CCC(C)N1C(=O)S/C(=C\c2cc3c(cc2C)N(CC)C(C)(C)CC3C)C1=O. The summed E-state index contributed by atoms with van der Waals surface area (Å²) >= 11 is 1.06. The number of benzene rings is 1. The van der Waals surface area contributed by atoms with E-state index in [0.717, 1.165) is 42.3 Å². The van der Waals surface area contributed by atoms with Crippen molar-refractivity contribution in [1.29, 1.82) is 0 Å². The van der Waals surface area contributed by atoms with E-state index in [1.807, 2.05) is 19.9 Å². The van der Waals surface area contributed by atoms with Gasteiger partial charge < -0.3 is 4.90 Å². The van der Waals surface area contributed by atoms with Gasteiger partial charge in [-0.15, -0.1) is 0 Å². The number of imide groups is 1. The lowest BCUT2D eigenvalue weighted by molar-refractivity contribution is -0.124. The minimum Gasteiger partial charge on any atom is -0.366 e. The fraction of sp³-hybridized carbons (Fsp3) is 0.565. The molecule has 2 unspecified atom stereocenters. The van der Waals surface area contributed by atoms with Crippen LogP contribution in [0.2, 0.25) is 0 Å². The Morgan fingerprint density at radius 2 is 1.96 bits per heavy atom. The maximum absolute atomic E-state index is 12.8. The van der Waals surface area contributed by atoms with Crippen LogP contribution in [-0.2, 0) is 4.79 Å². The van der Waals surface area contributed by atoms with Gasteiger partial charge in [-0.05, 0) is 100 Å². The molecule has 2 aliphatic rings. The number of amides is 2. The first-order valence-electron chi connectivity index (χ1n) is 10.3. The molecule has 152 valence electrons. The van der Waals surface area contributed by atoms with Gasteiger partial charge in [0.25, 0.3) is 11.1 Å². The number of rotatable bonds is 4. The van der Waals surface area contributed by atoms with E-state index in [2.05, 4.69) is 51.7 Å². The zero-order valence-electron chi connectivity index (χ0n) is 18.1. The number of anilines is 1. The Balaban J connectivity index is 2.02. The van der Waals surface area contributed by atoms with Crippen molar-refractivity contribution in [2.45, 2.75) is 78.8 Å². The average Bonchev–Trinajstić information content (AvgIpc) is 2.89. The van der Waals surface area contributed by atoms with Gasteiger partial charge in [-0.25, -0.2) is 0 Å². The van der Waals surface area contributed by atoms with Gasteiger partial charge in [-0.1, -0.05) is 13.8 Å². The second kappa shape index (κ2) is 7.58. The van der Waals surface area contributed by atoms with Gasteiger partial charge in [0.1, 0.15) is 0 Å². The highest BCUT2D eigenvalue weighted by Gasteiger charge is 2.38. The molecule has 0 saturated carbocycles. The summed E-state index contributed by atoms with van der Waals surface area (Å²) in [5.74, 6) is 0.293. The number of aryl methyl sites for hydroxylation is 1. The third kappa shape index (κ3) is 3.49. The topological polar surface area (TPSA) is 40.6 Å². The van der Waals surface area contributed by atoms with Crippen LogP contribution < -0.4 is 4.90 Å². The van der Waals surface area contributed by atoms with Crippen LogP contribution >= 0.6 is 11.8 Å². The van der Waals surface area contributed by atoms with Crippen molar-refractivity contribution in [3.05, 3.63) is 33.7 Å². The van der Waals surface area contributed by atoms with E-state index in [1.54, 1.807) is 0 Å². The molecule has 0 radical (unpaired) electrons. The lowest BCUT2D eigenvalue weighted by Gasteiger charge is -2.47. The van der Waals surface area contributed by atoms with Crippen LogP contribution in [0, 0.1) is 6.92 Å². The van der Waals surface area contributed by atoms with E-state index in [9.17, 15) is 9.59 Å². The maximum atomic E-state index is 12.8. The summed E-state index contributed by atoms with van der Waals surface area (Å²) in [5.41, 5.74) is 4.94. The molecule has 0 aliphatic carbocycles. The zero-order chi connectivity index (χ0) is 20.8. The number of nitrogens with zero attached hydrogens (tertiary/aromatic N) is 2. The molecule has 0 spiro atoms. The summed E-state index contributed by atoms with van der Waals surface area (Å²) in [6, 6.07) is 4.41. The lowest BCUT2D eigenvalue weighted by Crippen LogP contribution is -2.48. The Bertz CT molecular complexity index is 843. The standard InChI is InChI=1S/C23H32N2O2S/c1-8-16(5)25-21(26)20(28-22(25)27)12-17-11-18-15(4)13-23(6,7)24(9-2)19(18)10-14(17)3/h10-12,15-16H,8-9,13H2,1-7H3/b20-12-. The number of hydrogen-bond donors (Lipinski definition) is 0. The van der Waals surface area contributed by atoms with Gasteiger partial charge >= 0.3 is 0 Å². The van der Waals surface area contributed by atoms with Crippen LogP contribution in [0.3, 0.4) is 0 Å². The molecular formula is C23H32N2O2S. The van der Waals surface area contributed by atoms with E-state index >= 15 is 0 Å². The van der Waals surface area contributed by atoms with Gasteiger partial charge in [0.15, 0.2) is 0 Å². The molecule has 2 amide bonds. The Morgan fingerprint density at radius 1 is 1.29 bits per heavy atom. The highest BCUT2D eigenvalue weighted by Crippen LogP contribution is 2.45. The molecule has 28 heavy (non-hydrogen) atoms. The second-order valence-electron chi connectivity index (χ2n) is 8.74. The Kier molecular flexibility index (Phi) is 5.68. The number of fused-ring (bicyclic) bond motifs is 1. The first-order chi connectivity index (χ1) is 13.1. The van der Waals surface area contributed by atoms with Crippen molar-refractivity contribution < 1.29 is 9.59 Å². The molecule has 2 atom stereocenters. The molecule has 1 fully saturated rings. The molecule has 2 aliphatic heterocycles. The zero-order valence-corrected chi connectivity index (χ0v) is 18.9.